The van der Waals surface area contributed by atoms with Crippen molar-refractivity contribution in [2.45, 2.75) is 13.1 Å². The molecule has 0 fully saturated rings. The predicted octanol–water partition coefficient (Wildman–Crippen LogP) is 3.02. The molecule has 0 atom stereocenters. The van der Waals surface area contributed by atoms with Crippen LogP contribution < -0.4 is 4.90 Å². The Morgan fingerprint density at radius 2 is 1.76 bits per heavy atom. The number of benzene rings is 2. The molecular formula is C15H13NO. The number of rotatable bonds is 2. The van der Waals surface area contributed by atoms with Crippen molar-refractivity contribution in [2.24, 2.45) is 0 Å². The molecule has 0 aromatic heterocycles. The molecule has 2 aromatic rings. The molecule has 0 N–H and O–H groups in total. The van der Waals surface area contributed by atoms with Crippen LogP contribution in [-0.2, 0) is 13.1 Å². The summed E-state index contributed by atoms with van der Waals surface area (Å²) in [7, 11) is 0. The molecule has 0 radical (unpaired) electrons. The molecule has 2 nitrogen and oxygen atoms in total. The molecule has 0 unspecified atom stereocenters. The fraction of sp³-hybridized carbons (Fsp3) is 0.133. The van der Waals surface area contributed by atoms with Crippen LogP contribution in [0.15, 0.2) is 48.5 Å². The van der Waals surface area contributed by atoms with Gasteiger partial charge < -0.3 is 4.90 Å². The van der Waals surface area contributed by atoms with Crippen LogP contribution in [0.5, 0.6) is 0 Å². The van der Waals surface area contributed by atoms with E-state index < -0.39 is 0 Å². The highest BCUT2D eigenvalue weighted by atomic mass is 16.1. The van der Waals surface area contributed by atoms with Gasteiger partial charge in [0.05, 0.1) is 0 Å². The third-order valence-electron chi connectivity index (χ3n) is 3.27. The molecule has 0 spiro atoms. The minimum absolute atomic E-state index is 0.820. The Hall–Kier alpha value is -2.09. The first-order valence-electron chi connectivity index (χ1n) is 5.74. The third-order valence-corrected chi connectivity index (χ3v) is 3.27. The third kappa shape index (κ3) is 1.72. The van der Waals surface area contributed by atoms with Crippen LogP contribution >= 0.6 is 0 Å². The molecule has 0 amide bonds. The van der Waals surface area contributed by atoms with Crippen LogP contribution in [0.25, 0.3) is 0 Å². The zero-order chi connectivity index (χ0) is 11.7. The minimum atomic E-state index is 0.820. The highest BCUT2D eigenvalue weighted by Gasteiger charge is 2.21. The topological polar surface area (TPSA) is 20.3 Å². The summed E-state index contributed by atoms with van der Waals surface area (Å²) in [5.41, 5.74) is 4.46. The Labute approximate surface area is 100 Å². The number of para-hydroxylation sites is 1. The highest BCUT2D eigenvalue weighted by molar-refractivity contribution is 5.79. The Kier molecular flexibility index (Phi) is 2.41. The second-order valence-corrected chi connectivity index (χ2v) is 4.29. The predicted molar refractivity (Wildman–Crippen MR) is 68.2 cm³/mol. The van der Waals surface area contributed by atoms with Gasteiger partial charge in [-0.3, -0.25) is 4.79 Å². The van der Waals surface area contributed by atoms with Gasteiger partial charge in [0.2, 0.25) is 0 Å². The average molecular weight is 223 g/mol. The van der Waals surface area contributed by atoms with Crippen LogP contribution in [0, 0.1) is 0 Å². The van der Waals surface area contributed by atoms with E-state index in [1.807, 2.05) is 30.3 Å². The van der Waals surface area contributed by atoms with Gasteiger partial charge in [-0.1, -0.05) is 36.4 Å². The zero-order valence-corrected chi connectivity index (χ0v) is 9.47. The van der Waals surface area contributed by atoms with Crippen molar-refractivity contribution < 1.29 is 4.79 Å². The van der Waals surface area contributed by atoms with Gasteiger partial charge >= 0.3 is 0 Å². The number of carbonyl (C=O) groups is 1. The Morgan fingerprint density at radius 3 is 2.53 bits per heavy atom. The van der Waals surface area contributed by atoms with E-state index in [0.717, 1.165) is 24.9 Å². The van der Waals surface area contributed by atoms with E-state index in [0.29, 0.717) is 0 Å². The smallest absolute Gasteiger partial charge is 0.150 e. The molecule has 0 bridgehead atoms. The summed E-state index contributed by atoms with van der Waals surface area (Å²) in [6.45, 7) is 1.72. The summed E-state index contributed by atoms with van der Waals surface area (Å²) >= 11 is 0. The lowest BCUT2D eigenvalue weighted by molar-refractivity contribution is 0.112. The number of fused-ring (bicyclic) bond motifs is 1. The van der Waals surface area contributed by atoms with Crippen molar-refractivity contribution in [1.29, 1.82) is 0 Å². The van der Waals surface area contributed by atoms with Crippen LogP contribution in [0.4, 0.5) is 5.69 Å². The van der Waals surface area contributed by atoms with Crippen molar-refractivity contribution in [3.05, 3.63) is 65.2 Å². The summed E-state index contributed by atoms with van der Waals surface area (Å²) in [6, 6.07) is 16.3. The average Bonchev–Trinajstić information content (AvgIpc) is 2.83. The molecule has 84 valence electrons. The van der Waals surface area contributed by atoms with Gasteiger partial charge in [-0.2, -0.15) is 0 Å². The maximum absolute atomic E-state index is 11.0. The number of nitrogens with zero attached hydrogens (tertiary/aromatic N) is 1. The summed E-state index contributed by atoms with van der Waals surface area (Å²) in [5.74, 6) is 0. The molecule has 0 saturated carbocycles. The van der Waals surface area contributed by atoms with E-state index in [1.54, 1.807) is 0 Å². The Morgan fingerprint density at radius 1 is 0.941 bits per heavy atom. The van der Waals surface area contributed by atoms with Crippen molar-refractivity contribution in [3.8, 4) is 0 Å². The molecule has 0 saturated heterocycles. The summed E-state index contributed by atoms with van der Waals surface area (Å²) in [4.78, 5) is 13.3. The fourth-order valence-corrected chi connectivity index (χ4v) is 2.38. The van der Waals surface area contributed by atoms with Crippen LogP contribution in [0.3, 0.4) is 0 Å². The molecule has 3 rings (SSSR count). The number of hydrogen-bond donors (Lipinski definition) is 0. The molecule has 2 aromatic carbocycles. The molecular weight excluding hydrogens is 210 g/mol. The van der Waals surface area contributed by atoms with Gasteiger partial charge in [-0.05, 0) is 23.3 Å². The first kappa shape index (κ1) is 10.1. The van der Waals surface area contributed by atoms with Gasteiger partial charge in [0, 0.05) is 24.3 Å². The molecule has 1 aliphatic rings. The lowest BCUT2D eigenvalue weighted by Gasteiger charge is -2.17. The second-order valence-electron chi connectivity index (χ2n) is 4.29. The minimum Gasteiger partial charge on any atom is -0.363 e. The summed E-state index contributed by atoms with van der Waals surface area (Å²) in [6.07, 6.45) is 0.952. The molecule has 17 heavy (non-hydrogen) atoms. The monoisotopic (exact) mass is 223 g/mol. The van der Waals surface area contributed by atoms with E-state index in [2.05, 4.69) is 23.1 Å². The molecule has 2 heteroatoms. The summed E-state index contributed by atoms with van der Waals surface area (Å²) < 4.78 is 0. The second kappa shape index (κ2) is 4.06. The Bertz CT molecular complexity index is 548. The van der Waals surface area contributed by atoms with Gasteiger partial charge in [0.15, 0.2) is 0 Å². The normalized spacial score (nSPS) is 13.5. The van der Waals surface area contributed by atoms with E-state index >= 15 is 0 Å². The van der Waals surface area contributed by atoms with Gasteiger partial charge in [0.1, 0.15) is 6.29 Å². The molecule has 1 aliphatic heterocycles. The van der Waals surface area contributed by atoms with E-state index in [-0.39, 0.29) is 0 Å². The number of aldehydes is 1. The van der Waals surface area contributed by atoms with Crippen LogP contribution in [0.1, 0.15) is 21.5 Å². The lowest BCUT2D eigenvalue weighted by Crippen LogP contribution is -2.14. The maximum atomic E-state index is 11.0. The zero-order valence-electron chi connectivity index (χ0n) is 9.47. The first-order chi connectivity index (χ1) is 8.38. The largest absolute Gasteiger partial charge is 0.363 e. The SMILES string of the molecule is O=Cc1cccc2c1CN(c1ccccc1)C2. The number of hydrogen-bond acceptors (Lipinski definition) is 2. The molecule has 1 heterocycles. The van der Waals surface area contributed by atoms with Crippen molar-refractivity contribution in [3.63, 3.8) is 0 Å². The Balaban J connectivity index is 1.96. The van der Waals surface area contributed by atoms with Crippen LogP contribution in [0.2, 0.25) is 0 Å². The standard InChI is InChI=1S/C15H13NO/c17-11-13-6-4-5-12-9-16(10-15(12)13)14-7-2-1-3-8-14/h1-8,11H,9-10H2. The number of anilines is 1. The van der Waals surface area contributed by atoms with Crippen LogP contribution in [-0.4, -0.2) is 6.29 Å². The first-order valence-corrected chi connectivity index (χ1v) is 5.74. The molecule has 0 aliphatic carbocycles. The van der Waals surface area contributed by atoms with Gasteiger partial charge in [0.25, 0.3) is 0 Å². The quantitative estimate of drug-likeness (QED) is 0.729. The lowest BCUT2D eigenvalue weighted by atomic mass is 10.1. The van der Waals surface area contributed by atoms with Crippen molar-refractivity contribution >= 4 is 12.0 Å². The van der Waals surface area contributed by atoms with Crippen molar-refractivity contribution in [2.75, 3.05) is 4.90 Å². The van der Waals surface area contributed by atoms with Gasteiger partial charge in [-0.15, -0.1) is 0 Å². The fourth-order valence-electron chi connectivity index (χ4n) is 2.38. The van der Waals surface area contributed by atoms with E-state index in [9.17, 15) is 4.79 Å². The van der Waals surface area contributed by atoms with E-state index in [4.69, 9.17) is 0 Å². The summed E-state index contributed by atoms with van der Waals surface area (Å²) in [5, 5.41) is 0. The maximum Gasteiger partial charge on any atom is 0.150 e. The van der Waals surface area contributed by atoms with Crippen molar-refractivity contribution in [1.82, 2.24) is 0 Å². The highest BCUT2D eigenvalue weighted by Crippen LogP contribution is 2.29. The number of carbonyl (C=O) groups excluding carboxylic acids is 1. The van der Waals surface area contributed by atoms with E-state index in [1.165, 1.54) is 16.8 Å². The van der Waals surface area contributed by atoms with Gasteiger partial charge in [-0.25, -0.2) is 0 Å².